The van der Waals surface area contributed by atoms with E-state index in [2.05, 4.69) is 45.7 Å². The van der Waals surface area contributed by atoms with Gasteiger partial charge in [0.15, 0.2) is 17.3 Å². The third kappa shape index (κ3) is 3.58. The first-order valence-corrected chi connectivity index (χ1v) is 15.3. The lowest BCUT2D eigenvalue weighted by Crippen LogP contribution is -2.49. The summed E-state index contributed by atoms with van der Waals surface area (Å²) < 4.78 is 13.2. The number of Topliss-reactive ketones (excluding diaryl/α,β-unsaturated/α-hetero) is 2. The molecule has 12 atom stereocenters. The summed E-state index contributed by atoms with van der Waals surface area (Å²) in [6.45, 7) is 15.0. The van der Waals surface area contributed by atoms with E-state index in [0.29, 0.717) is 23.8 Å². The van der Waals surface area contributed by atoms with Gasteiger partial charge in [-0.25, -0.2) is 0 Å². The Kier molecular flexibility index (Phi) is 5.82. The predicted octanol–water partition coefficient (Wildman–Crippen LogP) is 5.43. The van der Waals surface area contributed by atoms with Gasteiger partial charge in [0.25, 0.3) is 0 Å². The molecule has 3 aliphatic carbocycles. The first kappa shape index (κ1) is 26.7. The van der Waals surface area contributed by atoms with Gasteiger partial charge < -0.3 is 14.8 Å². The van der Waals surface area contributed by atoms with Crippen molar-refractivity contribution in [1.82, 2.24) is 5.32 Å². The molecule has 1 saturated heterocycles. The zero-order valence-electron chi connectivity index (χ0n) is 24.7. The summed E-state index contributed by atoms with van der Waals surface area (Å²) in [4.78, 5) is 41.8. The molecule has 41 heavy (non-hydrogen) atoms. The second-order valence-electron chi connectivity index (χ2n) is 14.2. The van der Waals surface area contributed by atoms with Crippen molar-refractivity contribution in [1.29, 1.82) is 0 Å². The van der Waals surface area contributed by atoms with Gasteiger partial charge in [-0.1, -0.05) is 50.6 Å². The normalized spacial score (nSPS) is 45.8. The molecule has 6 heteroatoms. The first-order valence-electron chi connectivity index (χ1n) is 15.3. The Hall–Kier alpha value is -3.15. The van der Waals surface area contributed by atoms with Crippen LogP contribution in [0.2, 0.25) is 0 Å². The van der Waals surface area contributed by atoms with E-state index in [-0.39, 0.29) is 52.7 Å². The Labute approximate surface area is 242 Å². The molecule has 4 bridgehead atoms. The van der Waals surface area contributed by atoms with Gasteiger partial charge in [-0.15, -0.1) is 6.58 Å². The van der Waals surface area contributed by atoms with Crippen LogP contribution in [0.1, 0.15) is 53.0 Å². The van der Waals surface area contributed by atoms with Crippen LogP contribution in [0, 0.1) is 58.7 Å². The maximum Gasteiger partial charge on any atom is 0.234 e. The fourth-order valence-corrected chi connectivity index (χ4v) is 10.8. The molecule has 216 valence electrons. The molecule has 3 fully saturated rings. The van der Waals surface area contributed by atoms with E-state index < -0.39 is 23.5 Å². The number of fused-ring (bicyclic) bond motifs is 4. The number of rotatable bonds is 2. The summed E-state index contributed by atoms with van der Waals surface area (Å²) in [6, 6.07) is 8.05. The Bertz CT molecular complexity index is 1410. The smallest absolute Gasteiger partial charge is 0.234 e. The van der Waals surface area contributed by atoms with Crippen molar-refractivity contribution >= 4 is 17.5 Å². The Morgan fingerprint density at radius 1 is 1.15 bits per heavy atom. The van der Waals surface area contributed by atoms with Crippen LogP contribution < -0.4 is 10.1 Å². The quantitative estimate of drug-likeness (QED) is 0.389. The fourth-order valence-electron chi connectivity index (χ4n) is 10.8. The highest BCUT2D eigenvalue weighted by Crippen LogP contribution is 2.67. The van der Waals surface area contributed by atoms with E-state index in [1.54, 1.807) is 0 Å². The van der Waals surface area contributed by atoms with Gasteiger partial charge in [0.2, 0.25) is 5.91 Å². The largest absolute Gasteiger partial charge is 0.490 e. The average Bonchev–Trinajstić information content (AvgIpc) is 3.47. The Balaban J connectivity index is 1.46. The minimum absolute atomic E-state index is 0.0444. The highest BCUT2D eigenvalue weighted by molar-refractivity contribution is 6.08. The molecule has 2 saturated carbocycles. The van der Waals surface area contributed by atoms with Gasteiger partial charge in [0, 0.05) is 35.7 Å². The molecule has 4 aliphatic heterocycles. The standard InChI is InChI=1S/C35H41NO5/c1-7-22-13-19(4)28-26-25(22)31(38)27-30-24(20(5)37)16-40-35(30,36-33(27)39)15-21-8-10-23(11-9-21)41-32(26)29-18(3)12-17(2)14-34(28,29)6/h7-11,13,16-18,22,25-30,32H,1,12,14-15H2,2-6H3,(H,36,39). The van der Waals surface area contributed by atoms with Gasteiger partial charge in [0.05, 0.1) is 12.2 Å². The summed E-state index contributed by atoms with van der Waals surface area (Å²) in [5.41, 5.74) is 1.43. The average molecular weight is 556 g/mol. The van der Waals surface area contributed by atoms with Crippen molar-refractivity contribution in [2.24, 2.45) is 58.7 Å². The van der Waals surface area contributed by atoms with Crippen LogP contribution >= 0.6 is 0 Å². The predicted molar refractivity (Wildman–Crippen MR) is 154 cm³/mol. The number of hydrogen-bond donors (Lipinski definition) is 1. The highest BCUT2D eigenvalue weighted by Gasteiger charge is 2.69. The third-order valence-electron chi connectivity index (χ3n) is 11.7. The lowest BCUT2D eigenvalue weighted by molar-refractivity contribution is -0.138. The maximum absolute atomic E-state index is 15.1. The summed E-state index contributed by atoms with van der Waals surface area (Å²) in [7, 11) is 0. The number of benzene rings is 1. The summed E-state index contributed by atoms with van der Waals surface area (Å²) in [5.74, 6) is -0.959. The molecular weight excluding hydrogens is 514 g/mol. The van der Waals surface area contributed by atoms with Crippen LogP contribution in [0.25, 0.3) is 0 Å². The van der Waals surface area contributed by atoms with Crippen LogP contribution in [0.15, 0.2) is 60.4 Å². The van der Waals surface area contributed by atoms with E-state index >= 15 is 4.79 Å². The number of carbonyl (C=O) groups excluding carboxylic acids is 3. The van der Waals surface area contributed by atoms with Gasteiger partial charge >= 0.3 is 0 Å². The molecule has 1 aromatic carbocycles. The van der Waals surface area contributed by atoms with Crippen LogP contribution in [-0.2, 0) is 25.5 Å². The maximum atomic E-state index is 15.1. The molecule has 0 aromatic heterocycles. The van der Waals surface area contributed by atoms with E-state index in [4.69, 9.17) is 9.47 Å². The first-order chi connectivity index (χ1) is 19.5. The van der Waals surface area contributed by atoms with Gasteiger partial charge in [-0.2, -0.15) is 0 Å². The molecule has 12 unspecified atom stereocenters. The molecule has 8 rings (SSSR count). The van der Waals surface area contributed by atoms with Crippen molar-refractivity contribution < 1.29 is 23.9 Å². The number of nitrogens with one attached hydrogen (secondary N) is 1. The number of carbonyl (C=O) groups is 3. The van der Waals surface area contributed by atoms with Crippen molar-refractivity contribution in [2.45, 2.75) is 65.7 Å². The molecule has 6 nitrogen and oxygen atoms in total. The Morgan fingerprint density at radius 2 is 1.88 bits per heavy atom. The van der Waals surface area contributed by atoms with Crippen LogP contribution in [0.3, 0.4) is 0 Å². The van der Waals surface area contributed by atoms with Crippen LogP contribution in [-0.4, -0.2) is 29.3 Å². The molecule has 4 heterocycles. The number of amides is 1. The molecule has 1 aromatic rings. The minimum Gasteiger partial charge on any atom is -0.490 e. The van der Waals surface area contributed by atoms with Gasteiger partial charge in [0.1, 0.15) is 17.8 Å². The summed E-state index contributed by atoms with van der Waals surface area (Å²) in [5, 5.41) is 3.07. The minimum atomic E-state index is -1.17. The topological polar surface area (TPSA) is 81.7 Å². The molecule has 0 spiro atoms. The van der Waals surface area contributed by atoms with Crippen molar-refractivity contribution in [3.63, 3.8) is 0 Å². The van der Waals surface area contributed by atoms with Crippen molar-refractivity contribution in [3.05, 3.63) is 66.0 Å². The Morgan fingerprint density at radius 3 is 2.56 bits per heavy atom. The SMILES string of the molecule is C=CC1C=C(C)C2C3C(Oc4ccc(cc4)CC45NC(=O)C(C(=O)C13)C4C(C(C)=O)=CO5)C1C(C)CC(C)CC21C. The van der Waals surface area contributed by atoms with Gasteiger partial charge in [-0.3, -0.25) is 14.4 Å². The lowest BCUT2D eigenvalue weighted by atomic mass is 9.55. The van der Waals surface area contributed by atoms with Crippen molar-refractivity contribution in [3.8, 4) is 5.75 Å². The fraction of sp³-hybridized carbons (Fsp3) is 0.571. The number of ketones is 2. The molecular formula is C35H41NO5. The monoisotopic (exact) mass is 555 g/mol. The molecule has 0 radical (unpaired) electrons. The van der Waals surface area contributed by atoms with Crippen LogP contribution in [0.5, 0.6) is 5.75 Å². The van der Waals surface area contributed by atoms with E-state index in [1.165, 1.54) is 18.8 Å². The summed E-state index contributed by atoms with van der Waals surface area (Å²) >= 11 is 0. The summed E-state index contributed by atoms with van der Waals surface area (Å²) in [6.07, 6.45) is 7.94. The van der Waals surface area contributed by atoms with Gasteiger partial charge in [-0.05, 0) is 67.6 Å². The second-order valence-corrected chi connectivity index (χ2v) is 14.2. The van der Waals surface area contributed by atoms with E-state index in [9.17, 15) is 9.59 Å². The van der Waals surface area contributed by atoms with Crippen molar-refractivity contribution in [2.75, 3.05) is 0 Å². The van der Waals surface area contributed by atoms with Crippen LogP contribution in [0.4, 0.5) is 0 Å². The highest BCUT2D eigenvalue weighted by atomic mass is 16.5. The van der Waals surface area contributed by atoms with E-state index in [0.717, 1.165) is 24.2 Å². The zero-order valence-corrected chi connectivity index (χ0v) is 24.7. The molecule has 1 N–H and O–H groups in total. The number of allylic oxidation sites excluding steroid dienone is 3. The second kappa shape index (κ2) is 8.92. The number of hydrogen-bond acceptors (Lipinski definition) is 5. The molecule has 1 amide bonds. The number of ether oxygens (including phenoxy) is 2. The zero-order chi connectivity index (χ0) is 29.0. The third-order valence-corrected chi connectivity index (χ3v) is 11.7. The molecule has 7 aliphatic rings. The lowest BCUT2D eigenvalue weighted by Gasteiger charge is -2.48. The van der Waals surface area contributed by atoms with E-state index in [1.807, 2.05) is 30.3 Å².